The number of amides is 2. The van der Waals surface area contributed by atoms with E-state index >= 15 is 0 Å². The van der Waals surface area contributed by atoms with Crippen molar-refractivity contribution >= 4 is 11.8 Å². The molecule has 0 aliphatic carbocycles. The van der Waals surface area contributed by atoms with Crippen LogP contribution in [0.1, 0.15) is 86.0 Å². The molecule has 0 aromatic heterocycles. The first-order chi connectivity index (χ1) is 24.4. The summed E-state index contributed by atoms with van der Waals surface area (Å²) in [4.78, 5) is 25.9. The SMILES string of the molecule is O=C(CCCCCC(=O)NCc1cccc(-c2ccc([C@H]3O[C@@H](CN4CCC5(CC4)OCCO5)C[C@@H](c4ccc(CO)cc4)O3)cc2)c1)NO. The third-order valence-corrected chi connectivity index (χ3v) is 9.87. The Morgan fingerprint density at radius 1 is 0.800 bits per heavy atom. The van der Waals surface area contributed by atoms with Gasteiger partial charge < -0.3 is 34.3 Å². The molecule has 11 heteroatoms. The lowest BCUT2D eigenvalue weighted by atomic mass is 9.98. The van der Waals surface area contributed by atoms with Crippen LogP contribution < -0.4 is 10.8 Å². The fraction of sp³-hybridized carbons (Fsp3) is 0.487. The summed E-state index contributed by atoms with van der Waals surface area (Å²) in [5.74, 6) is -0.844. The number of hydrogen-bond donors (Lipinski definition) is 4. The van der Waals surface area contributed by atoms with E-state index in [1.54, 1.807) is 5.48 Å². The lowest BCUT2D eigenvalue weighted by Crippen LogP contribution is -2.48. The fourth-order valence-electron chi connectivity index (χ4n) is 6.97. The van der Waals surface area contributed by atoms with Gasteiger partial charge in [0.15, 0.2) is 12.1 Å². The van der Waals surface area contributed by atoms with Crippen LogP contribution in [0.2, 0.25) is 0 Å². The number of nitrogens with one attached hydrogen (secondary N) is 2. The zero-order chi connectivity index (χ0) is 34.8. The summed E-state index contributed by atoms with van der Waals surface area (Å²) in [5.41, 5.74) is 7.61. The highest BCUT2D eigenvalue weighted by molar-refractivity contribution is 5.76. The lowest BCUT2D eigenvalue weighted by Gasteiger charge is -2.41. The molecule has 3 aliphatic heterocycles. The second kappa shape index (κ2) is 17.5. The Labute approximate surface area is 293 Å². The van der Waals surface area contributed by atoms with Crippen molar-refractivity contribution < 1.29 is 38.9 Å². The van der Waals surface area contributed by atoms with Crippen molar-refractivity contribution in [3.05, 3.63) is 95.1 Å². The monoisotopic (exact) mass is 687 g/mol. The van der Waals surface area contributed by atoms with Crippen LogP contribution in [0.5, 0.6) is 0 Å². The van der Waals surface area contributed by atoms with Crippen molar-refractivity contribution in [1.82, 2.24) is 15.7 Å². The summed E-state index contributed by atoms with van der Waals surface area (Å²) in [7, 11) is 0. The number of carbonyl (C=O) groups excluding carboxylic acids is 2. The van der Waals surface area contributed by atoms with E-state index in [9.17, 15) is 14.7 Å². The van der Waals surface area contributed by atoms with Crippen LogP contribution in [-0.2, 0) is 41.7 Å². The van der Waals surface area contributed by atoms with Crippen molar-refractivity contribution in [2.75, 3.05) is 32.8 Å². The van der Waals surface area contributed by atoms with Gasteiger partial charge in [-0.2, -0.15) is 0 Å². The predicted molar refractivity (Wildman–Crippen MR) is 185 cm³/mol. The number of ether oxygens (including phenoxy) is 4. The molecule has 0 saturated carbocycles. The van der Waals surface area contributed by atoms with Crippen molar-refractivity contribution in [3.63, 3.8) is 0 Å². The van der Waals surface area contributed by atoms with Gasteiger partial charge in [-0.25, -0.2) is 5.48 Å². The van der Waals surface area contributed by atoms with Crippen LogP contribution in [0.3, 0.4) is 0 Å². The number of unbranched alkanes of at least 4 members (excludes halogenated alkanes) is 2. The molecule has 3 heterocycles. The van der Waals surface area contributed by atoms with Crippen molar-refractivity contribution in [1.29, 1.82) is 0 Å². The first-order valence-corrected chi connectivity index (χ1v) is 17.8. The number of piperidine rings is 1. The van der Waals surface area contributed by atoms with Gasteiger partial charge in [-0.05, 0) is 46.7 Å². The third-order valence-electron chi connectivity index (χ3n) is 9.87. The molecule has 3 atom stereocenters. The number of benzene rings is 3. The molecule has 0 radical (unpaired) electrons. The second-order valence-corrected chi connectivity index (χ2v) is 13.5. The molecule has 0 bridgehead atoms. The number of hydrogen-bond acceptors (Lipinski definition) is 9. The molecule has 3 aliphatic rings. The summed E-state index contributed by atoms with van der Waals surface area (Å²) < 4.78 is 25.1. The molecule has 3 saturated heterocycles. The minimum absolute atomic E-state index is 0.00442. The largest absolute Gasteiger partial charge is 0.392 e. The molecule has 6 rings (SSSR count). The maximum Gasteiger partial charge on any atom is 0.243 e. The Morgan fingerprint density at radius 2 is 1.50 bits per heavy atom. The molecular formula is C39H49N3O8. The van der Waals surface area contributed by atoms with E-state index in [0.717, 1.165) is 78.7 Å². The number of hydroxylamine groups is 1. The summed E-state index contributed by atoms with van der Waals surface area (Å²) in [6.07, 6.45) is 4.44. The molecule has 3 aromatic rings. The summed E-state index contributed by atoms with van der Waals surface area (Å²) in [5, 5.41) is 21.1. The number of aliphatic hydroxyl groups excluding tert-OH is 1. The second-order valence-electron chi connectivity index (χ2n) is 13.5. The Hall–Kier alpha value is -3.68. The molecule has 268 valence electrons. The Morgan fingerprint density at radius 3 is 2.20 bits per heavy atom. The van der Waals surface area contributed by atoms with Gasteiger partial charge in [0, 0.05) is 63.8 Å². The molecule has 3 aromatic carbocycles. The van der Waals surface area contributed by atoms with Crippen LogP contribution >= 0.6 is 0 Å². The fourth-order valence-corrected chi connectivity index (χ4v) is 6.97. The molecule has 1 spiro atoms. The normalized spacial score (nSPS) is 22.0. The maximum absolute atomic E-state index is 12.4. The number of aliphatic hydroxyl groups is 1. The smallest absolute Gasteiger partial charge is 0.243 e. The highest BCUT2D eigenvalue weighted by atomic mass is 16.7. The molecule has 4 N–H and O–H groups in total. The first kappa shape index (κ1) is 36.1. The number of nitrogens with zero attached hydrogens (tertiary/aromatic N) is 1. The molecular weight excluding hydrogens is 638 g/mol. The predicted octanol–water partition coefficient (Wildman–Crippen LogP) is 5.30. The molecule has 3 fully saturated rings. The van der Waals surface area contributed by atoms with Crippen LogP contribution in [-0.4, -0.2) is 71.8 Å². The highest BCUT2D eigenvalue weighted by Gasteiger charge is 2.41. The van der Waals surface area contributed by atoms with Crippen LogP contribution in [0.4, 0.5) is 0 Å². The van der Waals surface area contributed by atoms with Gasteiger partial charge in [0.1, 0.15) is 0 Å². The number of rotatable bonds is 14. The summed E-state index contributed by atoms with van der Waals surface area (Å²) in [6.45, 7) is 4.36. The number of likely N-dealkylation sites (tertiary alicyclic amines) is 1. The van der Waals surface area contributed by atoms with E-state index in [-0.39, 0.29) is 31.1 Å². The molecule has 2 amide bonds. The summed E-state index contributed by atoms with van der Waals surface area (Å²) in [6, 6.07) is 24.4. The average molecular weight is 688 g/mol. The molecule has 11 nitrogen and oxygen atoms in total. The van der Waals surface area contributed by atoms with Crippen molar-refractivity contribution in [2.45, 2.75) is 88.8 Å². The maximum atomic E-state index is 12.4. The van der Waals surface area contributed by atoms with Crippen LogP contribution in [0, 0.1) is 0 Å². The van der Waals surface area contributed by atoms with E-state index in [1.165, 1.54) is 0 Å². The van der Waals surface area contributed by atoms with E-state index in [0.29, 0.717) is 39.0 Å². The molecule has 0 unspecified atom stereocenters. The van der Waals surface area contributed by atoms with Gasteiger partial charge in [-0.1, -0.05) is 73.2 Å². The first-order valence-electron chi connectivity index (χ1n) is 17.8. The minimum atomic E-state index is -0.531. The van der Waals surface area contributed by atoms with Gasteiger partial charge in [-0.15, -0.1) is 0 Å². The van der Waals surface area contributed by atoms with Gasteiger partial charge in [0.25, 0.3) is 0 Å². The van der Waals surface area contributed by atoms with Crippen molar-refractivity contribution in [3.8, 4) is 11.1 Å². The minimum Gasteiger partial charge on any atom is -0.392 e. The standard InChI is InChI=1S/C39H49N3O8/c43-27-28-9-11-31(12-10-28)35-24-34(26-42-19-17-39(18-20-42)47-21-22-48-39)49-38(50-35)32-15-13-30(14-16-32)33-6-4-5-29(23-33)25-40-36(44)7-2-1-3-8-37(45)41-46/h4-6,9-16,23,34-35,38,43,46H,1-3,7-8,17-22,24-27H2,(H,40,44)(H,41,45)/t34-,35+,38+/m1/s1. The zero-order valence-corrected chi connectivity index (χ0v) is 28.6. The van der Waals surface area contributed by atoms with E-state index in [2.05, 4.69) is 46.6 Å². The van der Waals surface area contributed by atoms with Gasteiger partial charge in [0.2, 0.25) is 11.8 Å². The van der Waals surface area contributed by atoms with Gasteiger partial charge in [0.05, 0.1) is 32.0 Å². The molecule has 50 heavy (non-hydrogen) atoms. The Balaban J connectivity index is 1.06. The van der Waals surface area contributed by atoms with Crippen LogP contribution in [0.15, 0.2) is 72.8 Å². The quantitative estimate of drug-likeness (QED) is 0.101. The van der Waals surface area contributed by atoms with Gasteiger partial charge in [-0.3, -0.25) is 14.8 Å². The van der Waals surface area contributed by atoms with Gasteiger partial charge >= 0.3 is 0 Å². The summed E-state index contributed by atoms with van der Waals surface area (Å²) >= 11 is 0. The Kier molecular flexibility index (Phi) is 12.6. The van der Waals surface area contributed by atoms with Crippen molar-refractivity contribution in [2.24, 2.45) is 0 Å². The average Bonchev–Trinajstić information content (AvgIpc) is 3.62. The lowest BCUT2D eigenvalue weighted by molar-refractivity contribution is -0.255. The topological polar surface area (TPSA) is 139 Å². The van der Waals surface area contributed by atoms with E-state index < -0.39 is 18.0 Å². The Bertz CT molecular complexity index is 1530. The highest BCUT2D eigenvalue weighted by Crippen LogP contribution is 2.39. The van der Waals surface area contributed by atoms with Crippen LogP contribution in [0.25, 0.3) is 11.1 Å². The number of carbonyl (C=O) groups is 2. The van der Waals surface area contributed by atoms with E-state index in [4.69, 9.17) is 24.2 Å². The van der Waals surface area contributed by atoms with E-state index in [1.807, 2.05) is 36.4 Å². The zero-order valence-electron chi connectivity index (χ0n) is 28.6. The third kappa shape index (κ3) is 9.76.